The summed E-state index contributed by atoms with van der Waals surface area (Å²) in [5, 5.41) is 0. The lowest BCUT2D eigenvalue weighted by Gasteiger charge is -2.32. The molecule has 0 spiro atoms. The third-order valence-corrected chi connectivity index (χ3v) is 3.79. The lowest BCUT2D eigenvalue weighted by atomic mass is 9.92. The number of nitrogens with two attached hydrogens (primary N) is 1. The SMILES string of the molecule is CN1CC(C)(C)CN(C2CC2)C(CCN)C1=O. The first-order valence-electron chi connectivity index (χ1n) is 6.65. The summed E-state index contributed by atoms with van der Waals surface area (Å²) < 4.78 is 0. The van der Waals surface area contributed by atoms with Crippen molar-refractivity contribution in [2.45, 2.75) is 45.2 Å². The highest BCUT2D eigenvalue weighted by Gasteiger charge is 2.43. The van der Waals surface area contributed by atoms with Crippen LogP contribution < -0.4 is 5.73 Å². The molecule has 98 valence electrons. The standard InChI is InChI=1S/C13H25N3O/c1-13(2)8-15(3)12(17)11(6-7-14)16(9-13)10-4-5-10/h10-11H,4-9,14H2,1-3H3. The zero-order chi connectivity index (χ0) is 12.6. The molecule has 1 unspecified atom stereocenters. The Balaban J connectivity index is 2.21. The van der Waals surface area contributed by atoms with Gasteiger partial charge in [-0.1, -0.05) is 13.8 Å². The molecule has 2 rings (SSSR count). The van der Waals surface area contributed by atoms with Crippen LogP contribution in [0.3, 0.4) is 0 Å². The van der Waals surface area contributed by atoms with Gasteiger partial charge in [-0.2, -0.15) is 0 Å². The van der Waals surface area contributed by atoms with E-state index in [0.29, 0.717) is 12.6 Å². The molecule has 2 fully saturated rings. The number of carbonyl (C=O) groups is 1. The second-order valence-electron chi connectivity index (χ2n) is 6.36. The molecule has 4 nitrogen and oxygen atoms in total. The topological polar surface area (TPSA) is 49.6 Å². The van der Waals surface area contributed by atoms with Crippen LogP contribution in [0.1, 0.15) is 33.1 Å². The highest BCUT2D eigenvalue weighted by Crippen LogP contribution is 2.35. The average Bonchev–Trinajstić information content (AvgIpc) is 3.04. The molecule has 4 heteroatoms. The number of rotatable bonds is 3. The summed E-state index contributed by atoms with van der Waals surface area (Å²) in [7, 11) is 1.92. The Kier molecular flexibility index (Phi) is 3.46. The van der Waals surface area contributed by atoms with E-state index in [4.69, 9.17) is 5.73 Å². The molecule has 0 aromatic heterocycles. The largest absolute Gasteiger partial charge is 0.344 e. The van der Waals surface area contributed by atoms with Gasteiger partial charge in [0.1, 0.15) is 0 Å². The summed E-state index contributed by atoms with van der Waals surface area (Å²) in [6.45, 7) is 6.94. The van der Waals surface area contributed by atoms with Crippen LogP contribution in [0.4, 0.5) is 0 Å². The van der Waals surface area contributed by atoms with E-state index >= 15 is 0 Å². The van der Waals surface area contributed by atoms with Crippen LogP contribution in [0.2, 0.25) is 0 Å². The van der Waals surface area contributed by atoms with Crippen LogP contribution in [0.5, 0.6) is 0 Å². The molecule has 1 aliphatic carbocycles. The van der Waals surface area contributed by atoms with Crippen molar-refractivity contribution < 1.29 is 4.79 Å². The lowest BCUT2D eigenvalue weighted by molar-refractivity contribution is -0.134. The summed E-state index contributed by atoms with van der Waals surface area (Å²) in [4.78, 5) is 16.7. The quantitative estimate of drug-likeness (QED) is 0.787. The van der Waals surface area contributed by atoms with Crippen LogP contribution in [0, 0.1) is 5.41 Å². The Hall–Kier alpha value is -0.610. The van der Waals surface area contributed by atoms with Crippen LogP contribution in [-0.2, 0) is 4.79 Å². The number of nitrogens with zero attached hydrogens (tertiary/aromatic N) is 2. The molecule has 1 heterocycles. The van der Waals surface area contributed by atoms with Crippen molar-refractivity contribution in [3.8, 4) is 0 Å². The predicted molar refractivity (Wildman–Crippen MR) is 68.6 cm³/mol. The number of amides is 1. The number of likely N-dealkylation sites (N-methyl/N-ethyl adjacent to an activating group) is 1. The maximum Gasteiger partial charge on any atom is 0.239 e. The molecule has 0 radical (unpaired) electrons. The van der Waals surface area contributed by atoms with Gasteiger partial charge >= 0.3 is 0 Å². The highest BCUT2D eigenvalue weighted by molar-refractivity contribution is 5.82. The molecule has 1 saturated heterocycles. The Morgan fingerprint density at radius 2 is 2.00 bits per heavy atom. The number of carbonyl (C=O) groups excluding carboxylic acids is 1. The lowest BCUT2D eigenvalue weighted by Crippen LogP contribution is -2.47. The zero-order valence-electron chi connectivity index (χ0n) is 11.3. The Bertz CT molecular complexity index is 299. The van der Waals surface area contributed by atoms with Gasteiger partial charge in [0.25, 0.3) is 0 Å². The second kappa shape index (κ2) is 4.58. The molecular weight excluding hydrogens is 214 g/mol. The molecule has 2 N–H and O–H groups in total. The third-order valence-electron chi connectivity index (χ3n) is 3.79. The predicted octanol–water partition coefficient (Wildman–Crippen LogP) is 0.666. The molecule has 0 bridgehead atoms. The van der Waals surface area contributed by atoms with Gasteiger partial charge in [0, 0.05) is 26.2 Å². The molecule has 1 aliphatic heterocycles. The molecule has 1 saturated carbocycles. The van der Waals surface area contributed by atoms with Gasteiger partial charge in [-0.25, -0.2) is 0 Å². The average molecular weight is 239 g/mol. The van der Waals surface area contributed by atoms with Gasteiger partial charge in [-0.05, 0) is 31.2 Å². The van der Waals surface area contributed by atoms with E-state index in [2.05, 4.69) is 18.7 Å². The molecule has 0 aromatic rings. The van der Waals surface area contributed by atoms with E-state index in [1.165, 1.54) is 12.8 Å². The molecule has 1 amide bonds. The van der Waals surface area contributed by atoms with Crippen molar-refractivity contribution in [3.05, 3.63) is 0 Å². The van der Waals surface area contributed by atoms with E-state index < -0.39 is 0 Å². The second-order valence-corrected chi connectivity index (χ2v) is 6.36. The number of hydrogen-bond donors (Lipinski definition) is 1. The summed E-state index contributed by atoms with van der Waals surface area (Å²) in [6, 6.07) is 0.639. The Morgan fingerprint density at radius 1 is 1.35 bits per heavy atom. The van der Waals surface area contributed by atoms with Crippen molar-refractivity contribution in [3.63, 3.8) is 0 Å². The summed E-state index contributed by atoms with van der Waals surface area (Å²) in [6.07, 6.45) is 3.28. The van der Waals surface area contributed by atoms with Crippen molar-refractivity contribution in [1.29, 1.82) is 0 Å². The zero-order valence-corrected chi connectivity index (χ0v) is 11.3. The van der Waals surface area contributed by atoms with Gasteiger partial charge in [0.2, 0.25) is 5.91 Å². The van der Waals surface area contributed by atoms with Gasteiger partial charge in [-0.3, -0.25) is 9.69 Å². The minimum absolute atomic E-state index is 0.0132. The Morgan fingerprint density at radius 3 is 2.53 bits per heavy atom. The van der Waals surface area contributed by atoms with Crippen LogP contribution in [0.15, 0.2) is 0 Å². The first-order valence-corrected chi connectivity index (χ1v) is 6.65. The van der Waals surface area contributed by atoms with E-state index in [0.717, 1.165) is 19.5 Å². The van der Waals surface area contributed by atoms with E-state index in [1.807, 2.05) is 11.9 Å². The molecule has 1 atom stereocenters. The van der Waals surface area contributed by atoms with Gasteiger partial charge in [0.15, 0.2) is 0 Å². The van der Waals surface area contributed by atoms with Crippen molar-refractivity contribution in [2.24, 2.45) is 11.1 Å². The minimum Gasteiger partial charge on any atom is -0.344 e. The molecule has 17 heavy (non-hydrogen) atoms. The fourth-order valence-corrected chi connectivity index (χ4v) is 3.01. The van der Waals surface area contributed by atoms with Crippen LogP contribution in [0.25, 0.3) is 0 Å². The van der Waals surface area contributed by atoms with Gasteiger partial charge in [0.05, 0.1) is 6.04 Å². The fraction of sp³-hybridized carbons (Fsp3) is 0.923. The maximum absolute atomic E-state index is 12.4. The van der Waals surface area contributed by atoms with Crippen LogP contribution >= 0.6 is 0 Å². The highest BCUT2D eigenvalue weighted by atomic mass is 16.2. The molecule has 0 aromatic carbocycles. The molecular formula is C13H25N3O. The summed E-state index contributed by atoms with van der Waals surface area (Å²) in [5.41, 5.74) is 5.85. The fourth-order valence-electron chi connectivity index (χ4n) is 3.01. The van der Waals surface area contributed by atoms with E-state index in [9.17, 15) is 4.79 Å². The normalized spacial score (nSPS) is 30.5. The number of hydrogen-bond acceptors (Lipinski definition) is 3. The van der Waals surface area contributed by atoms with Crippen LogP contribution in [-0.4, -0.2) is 54.5 Å². The first kappa shape index (κ1) is 12.8. The third kappa shape index (κ3) is 2.80. The van der Waals surface area contributed by atoms with Crippen molar-refractivity contribution in [1.82, 2.24) is 9.80 Å². The van der Waals surface area contributed by atoms with Crippen molar-refractivity contribution in [2.75, 3.05) is 26.7 Å². The smallest absolute Gasteiger partial charge is 0.239 e. The first-order chi connectivity index (χ1) is 7.94. The van der Waals surface area contributed by atoms with Crippen molar-refractivity contribution >= 4 is 5.91 Å². The molecule has 2 aliphatic rings. The van der Waals surface area contributed by atoms with Gasteiger partial charge < -0.3 is 10.6 Å². The summed E-state index contributed by atoms with van der Waals surface area (Å²) >= 11 is 0. The minimum atomic E-state index is 0.0132. The monoisotopic (exact) mass is 239 g/mol. The summed E-state index contributed by atoms with van der Waals surface area (Å²) in [5.74, 6) is 0.257. The Labute approximate surface area is 104 Å². The van der Waals surface area contributed by atoms with E-state index in [1.54, 1.807) is 0 Å². The van der Waals surface area contributed by atoms with E-state index in [-0.39, 0.29) is 17.4 Å². The maximum atomic E-state index is 12.4. The van der Waals surface area contributed by atoms with Gasteiger partial charge in [-0.15, -0.1) is 0 Å².